The van der Waals surface area contributed by atoms with Crippen molar-refractivity contribution in [1.29, 1.82) is 0 Å². The molecule has 0 spiro atoms. The number of amides is 1. The lowest BCUT2D eigenvalue weighted by atomic mass is 10.3. The van der Waals surface area contributed by atoms with Crippen LogP contribution < -0.4 is 0 Å². The highest BCUT2D eigenvalue weighted by Gasteiger charge is 1.94. The second-order valence-electron chi connectivity index (χ2n) is 2.41. The molecule has 0 aliphatic rings. The fourth-order valence-electron chi connectivity index (χ4n) is 0.363. The van der Waals surface area contributed by atoms with Crippen LogP contribution in [0.2, 0.25) is 0 Å². The molecule has 2 heteroatoms. The molecule has 0 aliphatic heterocycles. The van der Waals surface area contributed by atoms with Crippen molar-refractivity contribution in [3.8, 4) is 0 Å². The van der Waals surface area contributed by atoms with Crippen LogP contribution in [0.5, 0.6) is 0 Å². The highest BCUT2D eigenvalue weighted by atomic mass is 16.2. The Morgan fingerprint density at radius 1 is 1.40 bits per heavy atom. The van der Waals surface area contributed by atoms with Gasteiger partial charge in [-0.15, -0.1) is 0 Å². The van der Waals surface area contributed by atoms with Crippen molar-refractivity contribution in [2.75, 3.05) is 14.1 Å². The molecule has 0 fully saturated rings. The first kappa shape index (κ1) is 8.95. The summed E-state index contributed by atoms with van der Waals surface area (Å²) in [6.45, 7) is 5.48. The lowest BCUT2D eigenvalue weighted by molar-refractivity contribution is -0.123. The van der Waals surface area contributed by atoms with Crippen LogP contribution in [0.4, 0.5) is 0 Å². The third-order valence-electron chi connectivity index (χ3n) is 0.951. The lowest BCUT2D eigenvalue weighted by Gasteiger charge is -2.04. The van der Waals surface area contributed by atoms with Gasteiger partial charge in [-0.05, 0) is 6.92 Å². The number of hydrogen-bond acceptors (Lipinski definition) is 1. The largest absolute Gasteiger partial charge is 0.345 e. The number of nitrogens with zero attached hydrogens (tertiary/aromatic N) is 1. The summed E-state index contributed by atoms with van der Waals surface area (Å²) in [7, 11) is 3.43. The van der Waals surface area contributed by atoms with Gasteiger partial charge in [-0.3, -0.25) is 4.79 Å². The first-order valence-electron chi connectivity index (χ1n) is 3.09. The molecule has 56 valence electrons. The molecular weight excluding hydrogens is 126 g/mol. The van der Waals surface area contributed by atoms with Gasteiger partial charge in [0.05, 0.1) is 0 Å². The number of hydrogen-bond donors (Lipinski definition) is 0. The molecule has 0 aromatic heterocycles. The molecule has 2 nitrogen and oxygen atoms in total. The Hall–Kier alpha value is -1.05. The van der Waals surface area contributed by atoms with E-state index in [-0.39, 0.29) is 5.91 Å². The fourth-order valence-corrected chi connectivity index (χ4v) is 0.363. The topological polar surface area (TPSA) is 20.3 Å². The van der Waals surface area contributed by atoms with E-state index in [0.717, 1.165) is 5.57 Å². The summed E-state index contributed by atoms with van der Waals surface area (Å²) in [6, 6.07) is 0. The monoisotopic (exact) mass is 139 g/mol. The van der Waals surface area contributed by atoms with Crippen molar-refractivity contribution in [2.24, 2.45) is 0 Å². The summed E-state index contributed by atoms with van der Waals surface area (Å²) in [5, 5.41) is 0. The Morgan fingerprint density at radius 3 is 2.20 bits per heavy atom. The molecule has 0 saturated heterocycles. The minimum absolute atomic E-state index is 0.0111. The first-order valence-corrected chi connectivity index (χ1v) is 3.09. The average Bonchev–Trinajstić information content (AvgIpc) is 1.82. The minimum atomic E-state index is -0.0111. The average molecular weight is 139 g/mol. The highest BCUT2D eigenvalue weighted by molar-refractivity contribution is 5.87. The maximum atomic E-state index is 10.8. The van der Waals surface area contributed by atoms with Gasteiger partial charge in [0, 0.05) is 20.2 Å². The van der Waals surface area contributed by atoms with Crippen molar-refractivity contribution in [3.05, 3.63) is 24.3 Å². The predicted molar refractivity (Wildman–Crippen MR) is 42.6 cm³/mol. The number of likely N-dealkylation sites (N-methyl/N-ethyl adjacent to an activating group) is 1. The first-order chi connectivity index (χ1) is 4.54. The maximum absolute atomic E-state index is 10.8. The van der Waals surface area contributed by atoms with Crippen LogP contribution >= 0.6 is 0 Å². The Bertz CT molecular complexity index is 168. The van der Waals surface area contributed by atoms with E-state index in [1.165, 1.54) is 11.0 Å². The van der Waals surface area contributed by atoms with Gasteiger partial charge in [0.25, 0.3) is 0 Å². The number of carbonyl (C=O) groups excluding carboxylic acids is 1. The molecule has 0 aromatic rings. The molecule has 0 heterocycles. The van der Waals surface area contributed by atoms with Gasteiger partial charge in [-0.25, -0.2) is 0 Å². The maximum Gasteiger partial charge on any atom is 0.246 e. The second-order valence-corrected chi connectivity index (χ2v) is 2.41. The summed E-state index contributed by atoms with van der Waals surface area (Å²) in [6.07, 6.45) is 3.20. The molecular formula is C8H13NO. The third kappa shape index (κ3) is 3.89. The van der Waals surface area contributed by atoms with Gasteiger partial charge in [-0.2, -0.15) is 0 Å². The fraction of sp³-hybridized carbons (Fsp3) is 0.375. The molecule has 0 N–H and O–H groups in total. The molecule has 0 saturated carbocycles. The van der Waals surface area contributed by atoms with Crippen molar-refractivity contribution in [1.82, 2.24) is 4.90 Å². The zero-order valence-corrected chi connectivity index (χ0v) is 6.72. The van der Waals surface area contributed by atoms with Crippen LogP contribution in [0, 0.1) is 0 Å². The lowest BCUT2D eigenvalue weighted by Crippen LogP contribution is -2.18. The van der Waals surface area contributed by atoms with E-state index >= 15 is 0 Å². The van der Waals surface area contributed by atoms with Crippen LogP contribution in [0.3, 0.4) is 0 Å². The Morgan fingerprint density at radius 2 is 1.90 bits per heavy atom. The van der Waals surface area contributed by atoms with Gasteiger partial charge in [0.15, 0.2) is 0 Å². The molecule has 10 heavy (non-hydrogen) atoms. The molecule has 0 atom stereocenters. The summed E-state index contributed by atoms with van der Waals surface area (Å²) in [4.78, 5) is 12.4. The van der Waals surface area contributed by atoms with E-state index in [9.17, 15) is 4.79 Å². The van der Waals surface area contributed by atoms with Gasteiger partial charge in [0.1, 0.15) is 0 Å². The van der Waals surface area contributed by atoms with E-state index < -0.39 is 0 Å². The van der Waals surface area contributed by atoms with Gasteiger partial charge < -0.3 is 4.90 Å². The molecule has 0 aromatic carbocycles. The van der Waals surface area contributed by atoms with Crippen molar-refractivity contribution in [3.63, 3.8) is 0 Å². The smallest absolute Gasteiger partial charge is 0.246 e. The van der Waals surface area contributed by atoms with E-state index in [4.69, 9.17) is 0 Å². The number of allylic oxidation sites excluding steroid dienone is 2. The predicted octanol–water partition coefficient (Wildman–Crippen LogP) is 1.21. The SMILES string of the molecule is C=C(C)/C=C\C(=O)N(C)C. The summed E-state index contributed by atoms with van der Waals surface area (Å²) < 4.78 is 0. The van der Waals surface area contributed by atoms with Crippen LogP contribution in [0.15, 0.2) is 24.3 Å². The Balaban J connectivity index is 3.90. The molecule has 1 amide bonds. The van der Waals surface area contributed by atoms with E-state index in [2.05, 4.69) is 6.58 Å². The number of rotatable bonds is 2. The normalized spacial score (nSPS) is 9.90. The second kappa shape index (κ2) is 3.88. The quantitative estimate of drug-likeness (QED) is 0.416. The molecule has 0 aliphatic carbocycles. The number of carbonyl (C=O) groups is 1. The van der Waals surface area contributed by atoms with Gasteiger partial charge >= 0.3 is 0 Å². The zero-order valence-electron chi connectivity index (χ0n) is 6.72. The Labute approximate surface area is 61.8 Å². The van der Waals surface area contributed by atoms with Crippen LogP contribution in [-0.2, 0) is 4.79 Å². The highest BCUT2D eigenvalue weighted by Crippen LogP contribution is 1.90. The molecule has 0 unspecified atom stereocenters. The third-order valence-corrected chi connectivity index (χ3v) is 0.951. The molecule has 0 radical (unpaired) electrons. The molecule has 0 bridgehead atoms. The van der Waals surface area contributed by atoms with Gasteiger partial charge in [0.2, 0.25) is 5.91 Å². The van der Waals surface area contributed by atoms with Crippen molar-refractivity contribution >= 4 is 5.91 Å². The zero-order chi connectivity index (χ0) is 8.15. The standard InChI is InChI=1S/C8H13NO/c1-7(2)5-6-8(10)9(3)4/h5-6H,1H2,2-4H3/b6-5-. The Kier molecular flexibility index (Phi) is 3.47. The van der Waals surface area contributed by atoms with Crippen molar-refractivity contribution in [2.45, 2.75) is 6.92 Å². The summed E-state index contributed by atoms with van der Waals surface area (Å²) in [5.41, 5.74) is 0.884. The van der Waals surface area contributed by atoms with Crippen LogP contribution in [-0.4, -0.2) is 24.9 Å². The van der Waals surface area contributed by atoms with Crippen LogP contribution in [0.1, 0.15) is 6.92 Å². The summed E-state index contributed by atoms with van der Waals surface area (Å²) >= 11 is 0. The van der Waals surface area contributed by atoms with E-state index in [1.807, 2.05) is 6.92 Å². The van der Waals surface area contributed by atoms with Crippen LogP contribution in [0.25, 0.3) is 0 Å². The van der Waals surface area contributed by atoms with Gasteiger partial charge in [-0.1, -0.05) is 18.2 Å². The van der Waals surface area contributed by atoms with Crippen molar-refractivity contribution < 1.29 is 4.79 Å². The van der Waals surface area contributed by atoms with E-state index in [0.29, 0.717) is 0 Å². The summed E-state index contributed by atoms with van der Waals surface area (Å²) in [5.74, 6) is -0.0111. The minimum Gasteiger partial charge on any atom is -0.345 e. The molecule has 0 rings (SSSR count). The van der Waals surface area contributed by atoms with E-state index in [1.54, 1.807) is 20.2 Å².